The summed E-state index contributed by atoms with van der Waals surface area (Å²) in [6.45, 7) is 12.4. The van der Waals surface area contributed by atoms with Crippen molar-refractivity contribution in [2.45, 2.75) is 86.0 Å². The molecule has 25 heavy (non-hydrogen) atoms. The lowest BCUT2D eigenvalue weighted by atomic mass is 9.55. The fourth-order valence-corrected chi connectivity index (χ4v) is 9.63. The van der Waals surface area contributed by atoms with Gasteiger partial charge in [-0.3, -0.25) is 4.79 Å². The number of rotatable bonds is 1. The summed E-state index contributed by atoms with van der Waals surface area (Å²) in [6.07, 6.45) is 10.6. The van der Waals surface area contributed by atoms with Crippen LogP contribution in [0.3, 0.4) is 0 Å². The van der Waals surface area contributed by atoms with Crippen LogP contribution in [0, 0.1) is 57.7 Å². The Kier molecular flexibility index (Phi) is 3.32. The molecule has 0 saturated heterocycles. The highest BCUT2D eigenvalue weighted by atomic mass is 16.1. The molecule has 9 atom stereocenters. The first-order valence-corrected chi connectivity index (χ1v) is 11.3. The van der Waals surface area contributed by atoms with Crippen LogP contribution in [0.2, 0.25) is 0 Å². The van der Waals surface area contributed by atoms with E-state index in [1.165, 1.54) is 51.4 Å². The summed E-state index contributed by atoms with van der Waals surface area (Å²) in [4.78, 5) is 13.9. The molecule has 0 unspecified atom stereocenters. The summed E-state index contributed by atoms with van der Waals surface area (Å²) in [6, 6.07) is 0. The second-order valence-electron chi connectivity index (χ2n) is 11.8. The lowest BCUT2D eigenvalue weighted by Crippen LogP contribution is -2.42. The predicted octanol–water partition coefficient (Wildman–Crippen LogP) is 6.12. The lowest BCUT2D eigenvalue weighted by Gasteiger charge is -2.49. The molecule has 5 fully saturated rings. The Morgan fingerprint density at radius 2 is 1.72 bits per heavy atom. The van der Waals surface area contributed by atoms with Gasteiger partial charge in [0.25, 0.3) is 0 Å². The smallest absolute Gasteiger partial charge is 0.143 e. The van der Waals surface area contributed by atoms with Crippen LogP contribution in [0.25, 0.3) is 0 Å². The Labute approximate surface area is 154 Å². The summed E-state index contributed by atoms with van der Waals surface area (Å²) >= 11 is 0. The predicted molar refractivity (Wildman–Crippen MR) is 102 cm³/mol. The van der Waals surface area contributed by atoms with E-state index in [0.717, 1.165) is 29.5 Å². The third-order valence-electron chi connectivity index (χ3n) is 10.9. The van der Waals surface area contributed by atoms with Gasteiger partial charge in [-0.15, -0.1) is 0 Å². The van der Waals surface area contributed by atoms with E-state index in [2.05, 4.69) is 34.6 Å². The van der Waals surface area contributed by atoms with E-state index in [-0.39, 0.29) is 5.41 Å². The van der Waals surface area contributed by atoms with E-state index >= 15 is 0 Å². The van der Waals surface area contributed by atoms with Crippen LogP contribution >= 0.6 is 0 Å². The van der Waals surface area contributed by atoms with Crippen LogP contribution in [0.15, 0.2) is 0 Å². The molecule has 0 heterocycles. The van der Waals surface area contributed by atoms with E-state index < -0.39 is 0 Å². The third-order valence-corrected chi connectivity index (χ3v) is 10.9. The van der Waals surface area contributed by atoms with Gasteiger partial charge in [0.05, 0.1) is 0 Å². The average Bonchev–Trinajstić information content (AvgIpc) is 3.20. The molecular formula is C24H38O. The fraction of sp³-hybridized carbons (Fsp3) is 0.958. The molecule has 5 saturated carbocycles. The summed E-state index contributed by atoms with van der Waals surface area (Å²) in [5.41, 5.74) is 0.936. The van der Waals surface area contributed by atoms with Crippen molar-refractivity contribution in [3.05, 3.63) is 0 Å². The van der Waals surface area contributed by atoms with Crippen molar-refractivity contribution in [3.8, 4) is 0 Å². The van der Waals surface area contributed by atoms with E-state index in [9.17, 15) is 4.79 Å². The van der Waals surface area contributed by atoms with E-state index in [1.807, 2.05) is 0 Å². The number of fused-ring (bicyclic) bond motifs is 3. The standard InChI is InChI=1S/C24H38O/c1-14(2)16-7-9-22(4)13-20-17(12-19(16)22)21(25)24-11-6-15(3)18(24)8-10-23(20,24)5/h14-20H,6-13H2,1-5H3/t15-,16+,17+,18+,19+,20-,22-,23+,24+/m1/s1. The van der Waals surface area contributed by atoms with Crippen LogP contribution in [0.4, 0.5) is 0 Å². The Bertz CT molecular complexity index is 607. The van der Waals surface area contributed by atoms with E-state index in [0.29, 0.717) is 28.6 Å². The molecular weight excluding hydrogens is 304 g/mol. The van der Waals surface area contributed by atoms with Gasteiger partial charge in [-0.25, -0.2) is 0 Å². The number of ketones is 1. The highest BCUT2D eigenvalue weighted by Crippen LogP contribution is 2.77. The molecule has 5 aliphatic carbocycles. The molecule has 0 amide bonds. The molecule has 1 heteroatoms. The minimum Gasteiger partial charge on any atom is -0.299 e. The topological polar surface area (TPSA) is 17.1 Å². The fourth-order valence-electron chi connectivity index (χ4n) is 9.63. The first kappa shape index (κ1) is 16.8. The van der Waals surface area contributed by atoms with Gasteiger partial charge >= 0.3 is 0 Å². The van der Waals surface area contributed by atoms with E-state index in [4.69, 9.17) is 0 Å². The van der Waals surface area contributed by atoms with Gasteiger partial charge in [0, 0.05) is 11.3 Å². The van der Waals surface area contributed by atoms with Crippen molar-refractivity contribution in [2.24, 2.45) is 57.7 Å². The molecule has 5 aliphatic rings. The molecule has 140 valence electrons. The Morgan fingerprint density at radius 1 is 0.960 bits per heavy atom. The van der Waals surface area contributed by atoms with Crippen LogP contribution in [0.5, 0.6) is 0 Å². The third kappa shape index (κ3) is 1.75. The van der Waals surface area contributed by atoms with Crippen molar-refractivity contribution in [2.75, 3.05) is 0 Å². The van der Waals surface area contributed by atoms with Crippen molar-refractivity contribution < 1.29 is 4.79 Å². The zero-order chi connectivity index (χ0) is 17.8. The summed E-state index contributed by atoms with van der Waals surface area (Å²) in [5.74, 6) is 5.82. The summed E-state index contributed by atoms with van der Waals surface area (Å²) in [7, 11) is 0. The van der Waals surface area contributed by atoms with Gasteiger partial charge in [0.15, 0.2) is 0 Å². The number of hydrogen-bond donors (Lipinski definition) is 0. The Morgan fingerprint density at radius 3 is 2.44 bits per heavy atom. The van der Waals surface area contributed by atoms with Gasteiger partial charge in [0.2, 0.25) is 0 Å². The largest absolute Gasteiger partial charge is 0.299 e. The monoisotopic (exact) mass is 342 g/mol. The minimum absolute atomic E-state index is 0.0874. The summed E-state index contributed by atoms with van der Waals surface area (Å²) < 4.78 is 0. The van der Waals surface area contributed by atoms with Crippen LogP contribution in [0.1, 0.15) is 86.0 Å². The van der Waals surface area contributed by atoms with Gasteiger partial charge in [-0.1, -0.05) is 34.6 Å². The van der Waals surface area contributed by atoms with Crippen molar-refractivity contribution in [1.82, 2.24) is 0 Å². The molecule has 0 aromatic heterocycles. The quantitative estimate of drug-likeness (QED) is 0.561. The number of carbonyl (C=O) groups excluding carboxylic acids is 1. The lowest BCUT2D eigenvalue weighted by molar-refractivity contribution is -0.133. The van der Waals surface area contributed by atoms with E-state index in [1.54, 1.807) is 0 Å². The Hall–Kier alpha value is -0.330. The molecule has 0 radical (unpaired) electrons. The van der Waals surface area contributed by atoms with Crippen molar-refractivity contribution >= 4 is 5.78 Å². The van der Waals surface area contributed by atoms with Crippen LogP contribution in [-0.2, 0) is 4.79 Å². The molecule has 0 aromatic rings. The maximum Gasteiger partial charge on any atom is 0.143 e. The molecule has 0 N–H and O–H groups in total. The van der Waals surface area contributed by atoms with Gasteiger partial charge in [-0.2, -0.15) is 0 Å². The molecule has 1 spiro atoms. The number of hydrogen-bond acceptors (Lipinski definition) is 1. The highest BCUT2D eigenvalue weighted by Gasteiger charge is 2.75. The first-order valence-electron chi connectivity index (χ1n) is 11.3. The molecule has 0 aliphatic heterocycles. The molecule has 0 aromatic carbocycles. The number of carbonyl (C=O) groups is 1. The van der Waals surface area contributed by atoms with Gasteiger partial charge in [0.1, 0.15) is 5.78 Å². The van der Waals surface area contributed by atoms with Crippen LogP contribution < -0.4 is 0 Å². The molecule has 5 rings (SSSR count). The SMILES string of the molecule is CC(C)[C@@H]1CC[C@]2(C)C[C@@H]3[C@H](C[C@@H]12)C(=O)[C@]12CC[C@@H](C)[C@@H]1CC[C@@]32C. The minimum atomic E-state index is 0.0874. The number of Topliss-reactive ketones (excluding diaryl/α,β-unsaturated/α-hetero) is 1. The zero-order valence-electron chi connectivity index (χ0n) is 17.1. The second-order valence-corrected chi connectivity index (χ2v) is 11.8. The van der Waals surface area contributed by atoms with Crippen molar-refractivity contribution in [1.29, 1.82) is 0 Å². The highest BCUT2D eigenvalue weighted by molar-refractivity contribution is 5.92. The average molecular weight is 343 g/mol. The molecule has 0 bridgehead atoms. The second kappa shape index (κ2) is 4.93. The zero-order valence-corrected chi connectivity index (χ0v) is 17.1. The van der Waals surface area contributed by atoms with Crippen LogP contribution in [-0.4, -0.2) is 5.78 Å². The van der Waals surface area contributed by atoms with Crippen molar-refractivity contribution in [3.63, 3.8) is 0 Å². The maximum atomic E-state index is 13.9. The maximum absolute atomic E-state index is 13.9. The van der Waals surface area contributed by atoms with Gasteiger partial charge < -0.3 is 0 Å². The molecule has 1 nitrogen and oxygen atoms in total. The summed E-state index contributed by atoms with van der Waals surface area (Å²) in [5, 5.41) is 0. The van der Waals surface area contributed by atoms with Gasteiger partial charge in [-0.05, 0) is 97.7 Å². The normalized spacial score (nSPS) is 59.8. The first-order chi connectivity index (χ1) is 11.7. The Balaban J connectivity index is 1.55.